The zero-order valence-electron chi connectivity index (χ0n) is 39.4. The summed E-state index contributed by atoms with van der Waals surface area (Å²) in [5, 5.41) is 0. The van der Waals surface area contributed by atoms with Gasteiger partial charge in [-0.3, -0.25) is 0 Å². The third-order valence-corrected chi connectivity index (χ3v) is 17.0. The zero-order chi connectivity index (χ0) is 45.2. The van der Waals surface area contributed by atoms with Gasteiger partial charge < -0.3 is 15.0 Å². The number of hydrogen-bond donors (Lipinski definition) is 0. The number of rotatable bonds is 9. The first kappa shape index (κ1) is 45.6. The summed E-state index contributed by atoms with van der Waals surface area (Å²) in [7, 11) is 0. The van der Waals surface area contributed by atoms with Crippen LogP contribution in [0.5, 0.6) is 0 Å². The number of nitrogens with zero attached hydrogens (tertiary/aromatic N) is 3. The Balaban J connectivity index is 0.00000520. The molecule has 4 fully saturated rings. The standard InChI is InChI=1S/C65H60N3.Ir/c1-3-11-48(12-4-1)63-33-31-56(42-67-63)45-23-21-44(22-24-45)51-29-27-47-15-10-20-61(62(47)40-51)52-16-9-17-55(38-52)65-41-54(35-36-66-65)60-19-8-7-18-59(60)53-30-26-46-25-28-50(37-58(46)39-53)57-32-34-64(68-43-57)49-13-5-2-6-14-49;/h1-9,11,13,16,18-19,21-24,31-36,38,41-43,46-47,50-51,53,58,61-62H,10,15,20,25-30,37,39-40H2;/q-3;+3. The number of aromatic nitrogens is 3. The summed E-state index contributed by atoms with van der Waals surface area (Å²) in [5.74, 6) is 5.41. The van der Waals surface area contributed by atoms with Gasteiger partial charge in [0.1, 0.15) is 0 Å². The average Bonchev–Trinajstić information content (AvgIpc) is 3.43. The fourth-order valence-electron chi connectivity index (χ4n) is 13.4. The molecule has 5 aromatic carbocycles. The Kier molecular flexibility index (Phi) is 13.7. The van der Waals surface area contributed by atoms with Gasteiger partial charge >= 0.3 is 20.1 Å². The quantitative estimate of drug-likeness (QED) is 0.135. The van der Waals surface area contributed by atoms with Crippen molar-refractivity contribution in [1.82, 2.24) is 15.0 Å². The summed E-state index contributed by atoms with van der Waals surface area (Å²) in [6, 6.07) is 65.5. The van der Waals surface area contributed by atoms with Crippen molar-refractivity contribution in [2.45, 2.75) is 101 Å². The van der Waals surface area contributed by atoms with Gasteiger partial charge in [0.15, 0.2) is 0 Å². The molecule has 4 saturated carbocycles. The Morgan fingerprint density at radius 3 is 1.81 bits per heavy atom. The minimum absolute atomic E-state index is 0. The molecule has 8 unspecified atom stereocenters. The predicted octanol–water partition coefficient (Wildman–Crippen LogP) is 16.5. The summed E-state index contributed by atoms with van der Waals surface area (Å²) in [4.78, 5) is 14.7. The van der Waals surface area contributed by atoms with Crippen LogP contribution in [0.25, 0.3) is 56.0 Å². The SMILES string of the molecule is [Ir+3].[c-]1ccccc1-c1ccc(-c2ccc(C3CCC4CCCC(c5cc[c-]c(-c6cc(-c7ccccc7C7CCC8CCC(c9ccc(-c%10[c-]cccc%10)nc9)CC8C7)ccn6)c5)C4C3)cc2)cn1. The second kappa shape index (κ2) is 20.7. The molecule has 8 atom stereocenters. The minimum Gasteiger partial charge on any atom is -0.305 e. The first-order valence-electron chi connectivity index (χ1n) is 25.7. The average molecular weight is 1080 g/mol. The van der Waals surface area contributed by atoms with Gasteiger partial charge in [0.05, 0.1) is 0 Å². The van der Waals surface area contributed by atoms with Gasteiger partial charge in [-0.1, -0.05) is 91.7 Å². The van der Waals surface area contributed by atoms with Gasteiger partial charge in [0, 0.05) is 18.6 Å². The number of pyridine rings is 3. The molecule has 3 heterocycles. The van der Waals surface area contributed by atoms with Gasteiger partial charge in [-0.05, 0) is 174 Å². The van der Waals surface area contributed by atoms with E-state index in [9.17, 15) is 0 Å². The first-order valence-corrected chi connectivity index (χ1v) is 25.7. The van der Waals surface area contributed by atoms with E-state index in [-0.39, 0.29) is 20.1 Å². The number of fused-ring (bicyclic) bond motifs is 2. The topological polar surface area (TPSA) is 38.7 Å². The molecule has 4 aliphatic carbocycles. The van der Waals surface area contributed by atoms with E-state index in [1.807, 2.05) is 42.7 Å². The van der Waals surface area contributed by atoms with E-state index < -0.39 is 0 Å². The van der Waals surface area contributed by atoms with Crippen LogP contribution in [0.15, 0.2) is 170 Å². The van der Waals surface area contributed by atoms with Crippen molar-refractivity contribution in [2.75, 3.05) is 0 Å². The maximum atomic E-state index is 5.01. The molecule has 0 bridgehead atoms. The Hall–Kier alpha value is -5.80. The summed E-state index contributed by atoms with van der Waals surface area (Å²) >= 11 is 0. The molecule has 12 rings (SSSR count). The van der Waals surface area contributed by atoms with Gasteiger partial charge in [-0.15, -0.1) is 107 Å². The van der Waals surface area contributed by atoms with Crippen molar-refractivity contribution in [1.29, 1.82) is 0 Å². The van der Waals surface area contributed by atoms with Crippen LogP contribution < -0.4 is 0 Å². The third kappa shape index (κ3) is 9.73. The third-order valence-electron chi connectivity index (χ3n) is 17.0. The summed E-state index contributed by atoms with van der Waals surface area (Å²) in [6.07, 6.45) is 21.8. The molecular formula is C65H60IrN3. The Labute approximate surface area is 423 Å². The van der Waals surface area contributed by atoms with Crippen molar-refractivity contribution in [2.24, 2.45) is 23.7 Å². The molecule has 8 aromatic rings. The van der Waals surface area contributed by atoms with Crippen molar-refractivity contribution >= 4 is 0 Å². The number of hydrogen-bond acceptors (Lipinski definition) is 3. The molecule has 4 aliphatic rings. The van der Waals surface area contributed by atoms with Crippen LogP contribution in [-0.2, 0) is 20.1 Å². The van der Waals surface area contributed by atoms with Crippen LogP contribution in [0.2, 0.25) is 0 Å². The second-order valence-electron chi connectivity index (χ2n) is 20.6. The Bertz CT molecular complexity index is 2950. The fourth-order valence-corrected chi connectivity index (χ4v) is 13.4. The van der Waals surface area contributed by atoms with Crippen LogP contribution in [0.3, 0.4) is 0 Å². The molecule has 0 radical (unpaired) electrons. The fraction of sp³-hybridized carbons (Fsp3) is 0.308. The molecule has 0 N–H and O–H groups in total. The number of benzene rings is 5. The van der Waals surface area contributed by atoms with Crippen LogP contribution >= 0.6 is 0 Å². The van der Waals surface area contributed by atoms with Gasteiger partial charge in [0.25, 0.3) is 0 Å². The Morgan fingerprint density at radius 2 is 1.07 bits per heavy atom. The molecular weight excluding hydrogens is 1010 g/mol. The molecule has 69 heavy (non-hydrogen) atoms. The summed E-state index contributed by atoms with van der Waals surface area (Å²) < 4.78 is 0. The summed E-state index contributed by atoms with van der Waals surface area (Å²) in [5.41, 5.74) is 17.1. The normalized spacial score (nSPS) is 24.3. The molecule has 0 spiro atoms. The van der Waals surface area contributed by atoms with E-state index in [2.05, 4.69) is 146 Å². The monoisotopic (exact) mass is 1080 g/mol. The predicted molar refractivity (Wildman–Crippen MR) is 277 cm³/mol. The van der Waals surface area contributed by atoms with E-state index in [1.54, 1.807) is 0 Å². The van der Waals surface area contributed by atoms with Crippen molar-refractivity contribution in [3.63, 3.8) is 0 Å². The van der Waals surface area contributed by atoms with Crippen LogP contribution in [-0.4, -0.2) is 15.0 Å². The maximum absolute atomic E-state index is 5.01. The minimum atomic E-state index is 0. The van der Waals surface area contributed by atoms with E-state index in [4.69, 9.17) is 15.0 Å². The first-order chi connectivity index (χ1) is 33.7. The molecule has 3 aromatic heterocycles. The van der Waals surface area contributed by atoms with E-state index in [0.717, 1.165) is 57.1 Å². The van der Waals surface area contributed by atoms with E-state index >= 15 is 0 Å². The van der Waals surface area contributed by atoms with Crippen molar-refractivity contribution < 1.29 is 20.1 Å². The maximum Gasteiger partial charge on any atom is 3.00 e. The molecule has 344 valence electrons. The molecule has 0 saturated heterocycles. The molecule has 0 aliphatic heterocycles. The van der Waals surface area contributed by atoms with Crippen molar-refractivity contribution in [3.05, 3.63) is 211 Å². The molecule has 3 nitrogen and oxygen atoms in total. The van der Waals surface area contributed by atoms with Gasteiger partial charge in [-0.25, -0.2) is 0 Å². The summed E-state index contributed by atoms with van der Waals surface area (Å²) in [6.45, 7) is 0. The van der Waals surface area contributed by atoms with Crippen LogP contribution in [0.4, 0.5) is 0 Å². The van der Waals surface area contributed by atoms with Gasteiger partial charge in [0.2, 0.25) is 0 Å². The largest absolute Gasteiger partial charge is 3.00 e. The van der Waals surface area contributed by atoms with Gasteiger partial charge in [-0.2, -0.15) is 0 Å². The van der Waals surface area contributed by atoms with Crippen LogP contribution in [0.1, 0.15) is 123 Å². The Morgan fingerprint density at radius 1 is 0.406 bits per heavy atom. The molecule has 0 amide bonds. The van der Waals surface area contributed by atoms with Crippen molar-refractivity contribution in [3.8, 4) is 56.0 Å². The zero-order valence-corrected chi connectivity index (χ0v) is 41.8. The van der Waals surface area contributed by atoms with E-state index in [1.165, 1.54) is 116 Å². The second-order valence-corrected chi connectivity index (χ2v) is 20.6. The smallest absolute Gasteiger partial charge is 0.305 e. The van der Waals surface area contributed by atoms with E-state index in [0.29, 0.717) is 29.6 Å². The van der Waals surface area contributed by atoms with Crippen LogP contribution in [0, 0.1) is 41.9 Å². The molecule has 4 heteroatoms.